The molecule has 0 aromatic heterocycles. The Morgan fingerprint density at radius 2 is 2.00 bits per heavy atom. The molecule has 0 aliphatic carbocycles. The number of nitrogens with two attached hydrogens (primary N) is 1. The summed E-state index contributed by atoms with van der Waals surface area (Å²) in [6.45, 7) is 1.94. The van der Waals surface area contributed by atoms with Gasteiger partial charge in [-0.25, -0.2) is 4.79 Å². The summed E-state index contributed by atoms with van der Waals surface area (Å²) in [5.74, 6) is -1.41. The third-order valence-electron chi connectivity index (χ3n) is 1.66. The number of carbonyl (C=O) groups excluding carboxylic acids is 2. The minimum absolute atomic E-state index is 0.0388. The minimum Gasteiger partial charge on any atom is -0.481 e. The summed E-state index contributed by atoms with van der Waals surface area (Å²) in [7, 11) is 0. The summed E-state index contributed by atoms with van der Waals surface area (Å²) >= 11 is 0. The maximum Gasteiger partial charge on any atom is 0.318 e. The van der Waals surface area contributed by atoms with E-state index in [9.17, 15) is 14.4 Å². The third-order valence-corrected chi connectivity index (χ3v) is 1.66. The van der Waals surface area contributed by atoms with Crippen molar-refractivity contribution in [3.63, 3.8) is 0 Å². The van der Waals surface area contributed by atoms with Crippen molar-refractivity contribution in [2.75, 3.05) is 6.54 Å². The van der Waals surface area contributed by atoms with Gasteiger partial charge >= 0.3 is 12.0 Å². The van der Waals surface area contributed by atoms with Gasteiger partial charge in [-0.3, -0.25) is 14.9 Å². The highest BCUT2D eigenvalue weighted by atomic mass is 16.4. The van der Waals surface area contributed by atoms with Crippen LogP contribution in [0.15, 0.2) is 0 Å². The first-order chi connectivity index (χ1) is 6.93. The topological polar surface area (TPSA) is 122 Å². The van der Waals surface area contributed by atoms with E-state index in [0.717, 1.165) is 0 Å². The molecule has 3 amide bonds. The maximum atomic E-state index is 11.1. The molecule has 0 aromatic carbocycles. The minimum atomic E-state index is -0.904. The number of hydrogen-bond acceptors (Lipinski definition) is 4. The van der Waals surface area contributed by atoms with E-state index in [0.29, 0.717) is 13.0 Å². The molecule has 1 atom stereocenters. The lowest BCUT2D eigenvalue weighted by Crippen LogP contribution is -2.46. The van der Waals surface area contributed by atoms with Gasteiger partial charge in [0.25, 0.3) is 0 Å². The quantitative estimate of drug-likeness (QED) is 0.426. The number of carboxylic acid groups (broad SMARTS) is 1. The monoisotopic (exact) mass is 217 g/mol. The van der Waals surface area contributed by atoms with E-state index in [2.05, 4.69) is 5.32 Å². The normalized spacial score (nSPS) is 11.8. The van der Waals surface area contributed by atoms with Gasteiger partial charge in [-0.15, -0.1) is 0 Å². The molecule has 7 heteroatoms. The van der Waals surface area contributed by atoms with Crippen LogP contribution in [0.3, 0.4) is 0 Å². The molecule has 0 saturated heterocycles. The molecule has 5 N–H and O–H groups in total. The van der Waals surface area contributed by atoms with Crippen molar-refractivity contribution < 1.29 is 19.5 Å². The molecule has 0 radical (unpaired) electrons. The molecule has 0 aromatic rings. The van der Waals surface area contributed by atoms with Gasteiger partial charge in [-0.2, -0.15) is 0 Å². The van der Waals surface area contributed by atoms with Crippen molar-refractivity contribution in [3.8, 4) is 0 Å². The van der Waals surface area contributed by atoms with Crippen LogP contribution in [-0.2, 0) is 9.59 Å². The van der Waals surface area contributed by atoms with Crippen LogP contribution in [0.4, 0.5) is 4.79 Å². The number of carboxylic acids is 1. The van der Waals surface area contributed by atoms with Gasteiger partial charge in [-0.1, -0.05) is 0 Å². The van der Waals surface area contributed by atoms with Gasteiger partial charge in [0.05, 0.1) is 6.04 Å². The van der Waals surface area contributed by atoms with Crippen LogP contribution in [0.2, 0.25) is 0 Å². The molecule has 0 aliphatic heterocycles. The SMILES string of the molecule is CC(NCCCC(=O)O)C(=O)NC(N)=O. The average molecular weight is 217 g/mol. The Bertz CT molecular complexity index is 254. The lowest BCUT2D eigenvalue weighted by molar-refractivity contribution is -0.137. The Morgan fingerprint density at radius 3 is 2.47 bits per heavy atom. The Hall–Kier alpha value is -1.63. The Kier molecular flexibility index (Phi) is 6.03. The van der Waals surface area contributed by atoms with Gasteiger partial charge in [0.15, 0.2) is 0 Å². The average Bonchev–Trinajstić information content (AvgIpc) is 2.10. The van der Waals surface area contributed by atoms with Crippen molar-refractivity contribution in [1.82, 2.24) is 10.6 Å². The first kappa shape index (κ1) is 13.4. The summed E-state index contributed by atoms with van der Waals surface area (Å²) in [6.07, 6.45) is 0.459. The fourth-order valence-corrected chi connectivity index (χ4v) is 0.881. The highest BCUT2D eigenvalue weighted by Gasteiger charge is 2.12. The van der Waals surface area contributed by atoms with Crippen LogP contribution in [0, 0.1) is 0 Å². The number of nitrogens with one attached hydrogen (secondary N) is 2. The van der Waals surface area contributed by atoms with E-state index in [1.165, 1.54) is 0 Å². The molecular weight excluding hydrogens is 202 g/mol. The zero-order valence-corrected chi connectivity index (χ0v) is 8.45. The fourth-order valence-electron chi connectivity index (χ4n) is 0.881. The molecular formula is C8H15N3O4. The lowest BCUT2D eigenvalue weighted by Gasteiger charge is -2.11. The maximum absolute atomic E-state index is 11.1. The van der Waals surface area contributed by atoms with Crippen molar-refractivity contribution in [3.05, 3.63) is 0 Å². The number of rotatable bonds is 6. The van der Waals surface area contributed by atoms with Crippen LogP contribution in [0.25, 0.3) is 0 Å². The second-order valence-electron chi connectivity index (χ2n) is 3.03. The predicted molar refractivity (Wildman–Crippen MR) is 52.1 cm³/mol. The Morgan fingerprint density at radius 1 is 1.40 bits per heavy atom. The van der Waals surface area contributed by atoms with E-state index < -0.39 is 23.9 Å². The standard InChI is InChI=1S/C8H15N3O4/c1-5(7(14)11-8(9)15)10-4-2-3-6(12)13/h5,10H,2-4H2,1H3,(H,12,13)(H3,9,11,14,15). The molecule has 0 heterocycles. The van der Waals surface area contributed by atoms with Crippen molar-refractivity contribution in [1.29, 1.82) is 0 Å². The summed E-state index contributed by atoms with van der Waals surface area (Å²) in [5, 5.41) is 13.0. The van der Waals surface area contributed by atoms with Crippen molar-refractivity contribution in [2.45, 2.75) is 25.8 Å². The molecule has 0 spiro atoms. The molecule has 1 unspecified atom stereocenters. The number of carbonyl (C=O) groups is 3. The van der Waals surface area contributed by atoms with Crippen LogP contribution in [-0.4, -0.2) is 35.6 Å². The first-order valence-corrected chi connectivity index (χ1v) is 4.49. The van der Waals surface area contributed by atoms with Crippen LogP contribution >= 0.6 is 0 Å². The number of hydrogen-bond donors (Lipinski definition) is 4. The predicted octanol–water partition coefficient (Wildman–Crippen LogP) is -0.976. The first-order valence-electron chi connectivity index (χ1n) is 4.49. The van der Waals surface area contributed by atoms with Crippen LogP contribution in [0.5, 0.6) is 0 Å². The highest BCUT2D eigenvalue weighted by molar-refractivity contribution is 5.96. The molecule has 86 valence electrons. The van der Waals surface area contributed by atoms with E-state index in [1.54, 1.807) is 6.92 Å². The number of urea groups is 1. The summed E-state index contributed by atoms with van der Waals surface area (Å²) in [6, 6.07) is -1.48. The molecule has 0 saturated carbocycles. The van der Waals surface area contributed by atoms with Gasteiger partial charge in [-0.05, 0) is 19.9 Å². The van der Waals surface area contributed by atoms with E-state index >= 15 is 0 Å². The molecule has 0 rings (SSSR count). The van der Waals surface area contributed by atoms with Gasteiger partial charge in [0.2, 0.25) is 5.91 Å². The van der Waals surface area contributed by atoms with E-state index in [4.69, 9.17) is 10.8 Å². The van der Waals surface area contributed by atoms with Crippen LogP contribution in [0.1, 0.15) is 19.8 Å². The molecule has 0 fully saturated rings. The number of amides is 3. The number of aliphatic carboxylic acids is 1. The highest BCUT2D eigenvalue weighted by Crippen LogP contribution is 1.88. The zero-order chi connectivity index (χ0) is 11.8. The van der Waals surface area contributed by atoms with Crippen molar-refractivity contribution >= 4 is 17.9 Å². The Labute approximate surface area is 87.0 Å². The lowest BCUT2D eigenvalue weighted by atomic mass is 10.2. The van der Waals surface area contributed by atoms with Gasteiger partial charge < -0.3 is 16.2 Å². The molecule has 15 heavy (non-hydrogen) atoms. The number of imide groups is 1. The van der Waals surface area contributed by atoms with Crippen molar-refractivity contribution in [2.24, 2.45) is 5.73 Å². The number of primary amides is 1. The second-order valence-corrected chi connectivity index (χ2v) is 3.03. The zero-order valence-electron chi connectivity index (χ0n) is 8.45. The molecule has 0 aliphatic rings. The van der Waals surface area contributed by atoms with E-state index in [-0.39, 0.29) is 6.42 Å². The van der Waals surface area contributed by atoms with E-state index in [1.807, 2.05) is 5.32 Å². The molecule has 0 bridgehead atoms. The molecule has 7 nitrogen and oxygen atoms in total. The van der Waals surface area contributed by atoms with Gasteiger partial charge in [0, 0.05) is 6.42 Å². The summed E-state index contributed by atoms with van der Waals surface area (Å²) < 4.78 is 0. The Balaban J connectivity index is 3.64. The van der Waals surface area contributed by atoms with Gasteiger partial charge in [0.1, 0.15) is 0 Å². The smallest absolute Gasteiger partial charge is 0.318 e. The third kappa shape index (κ3) is 7.44. The summed E-state index contributed by atoms with van der Waals surface area (Å²) in [4.78, 5) is 31.6. The largest absolute Gasteiger partial charge is 0.481 e. The summed E-state index contributed by atoms with van der Waals surface area (Å²) in [5.41, 5.74) is 4.75. The van der Waals surface area contributed by atoms with Crippen LogP contribution < -0.4 is 16.4 Å². The second kappa shape index (κ2) is 6.77. The fraction of sp³-hybridized carbons (Fsp3) is 0.625.